The molecular formula is C15H21N3O. The summed E-state index contributed by atoms with van der Waals surface area (Å²) in [4.78, 5) is 5.15. The van der Waals surface area contributed by atoms with E-state index in [9.17, 15) is 0 Å². The van der Waals surface area contributed by atoms with Crippen molar-refractivity contribution in [3.63, 3.8) is 0 Å². The number of nitrogens with one attached hydrogen (secondary N) is 2. The van der Waals surface area contributed by atoms with Crippen molar-refractivity contribution in [3.05, 3.63) is 48.3 Å². The number of ether oxygens (including phenoxy) is 1. The zero-order valence-electron chi connectivity index (χ0n) is 11.5. The van der Waals surface area contributed by atoms with Crippen LogP contribution in [0.2, 0.25) is 0 Å². The molecule has 0 atom stereocenters. The molecule has 0 unspecified atom stereocenters. The van der Waals surface area contributed by atoms with Crippen molar-refractivity contribution >= 4 is 5.69 Å². The highest BCUT2D eigenvalue weighted by molar-refractivity contribution is 5.48. The molecule has 2 aromatic rings. The average molecular weight is 259 g/mol. The number of anilines is 1. The van der Waals surface area contributed by atoms with Gasteiger partial charge in [0.1, 0.15) is 12.4 Å². The maximum absolute atomic E-state index is 5.71. The molecule has 0 amide bonds. The van der Waals surface area contributed by atoms with Crippen LogP contribution in [-0.4, -0.2) is 37.1 Å². The zero-order chi connectivity index (χ0) is 13.5. The quantitative estimate of drug-likeness (QED) is 0.803. The summed E-state index contributed by atoms with van der Waals surface area (Å²) < 4.78 is 5.71. The van der Waals surface area contributed by atoms with E-state index >= 15 is 0 Å². The van der Waals surface area contributed by atoms with Gasteiger partial charge in [-0.2, -0.15) is 0 Å². The Balaban J connectivity index is 1.84. The predicted octanol–water partition coefficient (Wildman–Crippen LogP) is 2.57. The first-order valence-corrected chi connectivity index (χ1v) is 6.47. The molecular weight excluding hydrogens is 238 g/mol. The van der Waals surface area contributed by atoms with Gasteiger partial charge in [-0.05, 0) is 37.9 Å². The van der Waals surface area contributed by atoms with E-state index in [1.54, 1.807) is 0 Å². The van der Waals surface area contributed by atoms with Gasteiger partial charge in [-0.1, -0.05) is 6.07 Å². The lowest BCUT2D eigenvalue weighted by Crippen LogP contribution is -2.19. The molecule has 1 heterocycles. The summed E-state index contributed by atoms with van der Waals surface area (Å²) in [5.74, 6) is 0.904. The standard InChI is InChI=1S/C15H21N3O/c1-18(2)8-9-19-15-5-3-4-14(10-15)17-12-13-6-7-16-11-13/h3-7,10-11,16-17H,8-9,12H2,1-2H3. The van der Waals surface area contributed by atoms with Crippen LogP contribution in [0.1, 0.15) is 5.56 Å². The number of nitrogens with zero attached hydrogens (tertiary/aromatic N) is 1. The van der Waals surface area contributed by atoms with Crippen LogP contribution in [0.5, 0.6) is 5.75 Å². The molecule has 0 fully saturated rings. The zero-order valence-corrected chi connectivity index (χ0v) is 11.5. The number of hydrogen-bond donors (Lipinski definition) is 2. The number of hydrogen-bond acceptors (Lipinski definition) is 3. The topological polar surface area (TPSA) is 40.3 Å². The Morgan fingerprint density at radius 2 is 2.16 bits per heavy atom. The molecule has 4 heteroatoms. The molecule has 1 aromatic carbocycles. The van der Waals surface area contributed by atoms with E-state index in [4.69, 9.17) is 4.74 Å². The van der Waals surface area contributed by atoms with Gasteiger partial charge in [-0.15, -0.1) is 0 Å². The molecule has 0 saturated carbocycles. The molecule has 0 spiro atoms. The highest BCUT2D eigenvalue weighted by atomic mass is 16.5. The summed E-state index contributed by atoms with van der Waals surface area (Å²) in [5, 5.41) is 3.38. The normalized spacial score (nSPS) is 10.7. The van der Waals surface area contributed by atoms with Crippen LogP contribution in [-0.2, 0) is 6.54 Å². The van der Waals surface area contributed by atoms with Gasteiger partial charge in [-0.3, -0.25) is 0 Å². The van der Waals surface area contributed by atoms with E-state index < -0.39 is 0 Å². The van der Waals surface area contributed by atoms with E-state index in [0.29, 0.717) is 6.61 Å². The van der Waals surface area contributed by atoms with Crippen molar-refractivity contribution in [2.75, 3.05) is 32.6 Å². The molecule has 0 aliphatic heterocycles. The molecule has 2 rings (SSSR count). The van der Waals surface area contributed by atoms with Gasteiger partial charge in [0.2, 0.25) is 0 Å². The van der Waals surface area contributed by atoms with Gasteiger partial charge in [0, 0.05) is 37.2 Å². The molecule has 0 saturated heterocycles. The molecule has 1 aromatic heterocycles. The molecule has 0 aliphatic rings. The van der Waals surface area contributed by atoms with E-state index in [0.717, 1.165) is 24.5 Å². The minimum absolute atomic E-state index is 0.703. The highest BCUT2D eigenvalue weighted by Crippen LogP contribution is 2.18. The Hall–Kier alpha value is -1.94. The number of benzene rings is 1. The first-order chi connectivity index (χ1) is 9.24. The fourth-order valence-corrected chi connectivity index (χ4v) is 1.71. The van der Waals surface area contributed by atoms with E-state index in [1.807, 2.05) is 50.8 Å². The highest BCUT2D eigenvalue weighted by Gasteiger charge is 1.98. The summed E-state index contributed by atoms with van der Waals surface area (Å²) in [6, 6.07) is 10.1. The Kier molecular flexibility index (Phi) is 4.86. The van der Waals surface area contributed by atoms with E-state index in [2.05, 4.69) is 21.3 Å². The van der Waals surface area contributed by atoms with Gasteiger partial charge in [0.25, 0.3) is 0 Å². The maximum atomic E-state index is 5.71. The summed E-state index contributed by atoms with van der Waals surface area (Å²) in [7, 11) is 4.08. The lowest BCUT2D eigenvalue weighted by atomic mass is 10.2. The lowest BCUT2D eigenvalue weighted by molar-refractivity contribution is 0.261. The number of aromatic nitrogens is 1. The molecule has 2 N–H and O–H groups in total. The third-order valence-electron chi connectivity index (χ3n) is 2.80. The first-order valence-electron chi connectivity index (χ1n) is 6.47. The van der Waals surface area contributed by atoms with Crippen LogP contribution in [0.3, 0.4) is 0 Å². The summed E-state index contributed by atoms with van der Waals surface area (Å²) in [6.07, 6.45) is 3.92. The van der Waals surface area contributed by atoms with E-state index in [1.165, 1.54) is 5.56 Å². The largest absolute Gasteiger partial charge is 0.492 e. The molecule has 0 bridgehead atoms. The van der Waals surface area contributed by atoms with Crippen molar-refractivity contribution in [3.8, 4) is 5.75 Å². The van der Waals surface area contributed by atoms with Gasteiger partial charge >= 0.3 is 0 Å². The summed E-state index contributed by atoms with van der Waals surface area (Å²) in [6.45, 7) is 2.43. The second kappa shape index (κ2) is 6.85. The Morgan fingerprint density at radius 1 is 1.26 bits per heavy atom. The minimum Gasteiger partial charge on any atom is -0.492 e. The van der Waals surface area contributed by atoms with Crippen LogP contribution < -0.4 is 10.1 Å². The van der Waals surface area contributed by atoms with Crippen LogP contribution in [0.4, 0.5) is 5.69 Å². The van der Waals surface area contributed by atoms with Crippen molar-refractivity contribution < 1.29 is 4.74 Å². The van der Waals surface area contributed by atoms with Gasteiger partial charge in [0.05, 0.1) is 0 Å². The summed E-state index contributed by atoms with van der Waals surface area (Å²) >= 11 is 0. The molecule has 19 heavy (non-hydrogen) atoms. The maximum Gasteiger partial charge on any atom is 0.121 e. The number of likely N-dealkylation sites (N-methyl/N-ethyl adjacent to an activating group) is 1. The Morgan fingerprint density at radius 3 is 2.89 bits per heavy atom. The SMILES string of the molecule is CN(C)CCOc1cccc(NCc2cc[nH]c2)c1. The first kappa shape index (κ1) is 13.5. The van der Waals surface area contributed by atoms with Crippen LogP contribution >= 0.6 is 0 Å². The molecule has 0 radical (unpaired) electrons. The van der Waals surface area contributed by atoms with Crippen LogP contribution in [0.25, 0.3) is 0 Å². The van der Waals surface area contributed by atoms with Crippen LogP contribution in [0.15, 0.2) is 42.7 Å². The molecule has 102 valence electrons. The monoisotopic (exact) mass is 259 g/mol. The lowest BCUT2D eigenvalue weighted by Gasteiger charge is -2.12. The minimum atomic E-state index is 0.703. The smallest absolute Gasteiger partial charge is 0.121 e. The molecule has 0 aliphatic carbocycles. The second-order valence-electron chi connectivity index (χ2n) is 4.75. The number of H-pyrrole nitrogens is 1. The van der Waals surface area contributed by atoms with Crippen LogP contribution in [0, 0.1) is 0 Å². The van der Waals surface area contributed by atoms with Gasteiger partial charge < -0.3 is 19.9 Å². The van der Waals surface area contributed by atoms with Crippen molar-refractivity contribution in [2.45, 2.75) is 6.54 Å². The Bertz CT molecular complexity index is 480. The fourth-order valence-electron chi connectivity index (χ4n) is 1.71. The number of rotatable bonds is 7. The third kappa shape index (κ3) is 4.67. The van der Waals surface area contributed by atoms with Crippen molar-refractivity contribution in [1.29, 1.82) is 0 Å². The number of aromatic amines is 1. The van der Waals surface area contributed by atoms with Crippen molar-refractivity contribution in [1.82, 2.24) is 9.88 Å². The summed E-state index contributed by atoms with van der Waals surface area (Å²) in [5.41, 5.74) is 2.31. The Labute approximate surface area is 114 Å². The second-order valence-corrected chi connectivity index (χ2v) is 4.75. The third-order valence-corrected chi connectivity index (χ3v) is 2.80. The van der Waals surface area contributed by atoms with Crippen molar-refractivity contribution in [2.24, 2.45) is 0 Å². The van der Waals surface area contributed by atoms with Gasteiger partial charge in [0.15, 0.2) is 0 Å². The predicted molar refractivity (Wildman–Crippen MR) is 78.6 cm³/mol. The average Bonchev–Trinajstić information content (AvgIpc) is 2.89. The molecule has 4 nitrogen and oxygen atoms in total. The fraction of sp³-hybridized carbons (Fsp3) is 0.333. The van der Waals surface area contributed by atoms with Gasteiger partial charge in [-0.25, -0.2) is 0 Å². The van der Waals surface area contributed by atoms with E-state index in [-0.39, 0.29) is 0 Å².